The first-order chi connectivity index (χ1) is 9.81. The van der Waals surface area contributed by atoms with Crippen LogP contribution in [0.1, 0.15) is 16.7 Å². The Morgan fingerprint density at radius 3 is 2.38 bits per heavy atom. The summed E-state index contributed by atoms with van der Waals surface area (Å²) < 4.78 is 37.7. The average molecular weight is 291 g/mol. The number of nitrogens with zero attached hydrogens (tertiary/aromatic N) is 1. The summed E-state index contributed by atoms with van der Waals surface area (Å²) in [4.78, 5) is 0. The van der Waals surface area contributed by atoms with E-state index in [4.69, 9.17) is 11.0 Å². The van der Waals surface area contributed by atoms with Gasteiger partial charge in [0.15, 0.2) is 0 Å². The highest BCUT2D eigenvalue weighted by Crippen LogP contribution is 2.34. The van der Waals surface area contributed by atoms with Gasteiger partial charge in [-0.1, -0.05) is 6.07 Å². The zero-order chi connectivity index (χ0) is 15.6. The van der Waals surface area contributed by atoms with Crippen molar-refractivity contribution in [2.24, 2.45) is 0 Å². The number of benzene rings is 2. The van der Waals surface area contributed by atoms with Crippen LogP contribution in [0, 0.1) is 18.3 Å². The minimum absolute atomic E-state index is 0.00779. The van der Waals surface area contributed by atoms with Gasteiger partial charge in [-0.15, -0.1) is 0 Å². The van der Waals surface area contributed by atoms with Crippen molar-refractivity contribution in [2.45, 2.75) is 13.1 Å². The van der Waals surface area contributed by atoms with E-state index in [9.17, 15) is 13.2 Å². The molecule has 0 aliphatic rings. The molecule has 0 saturated carbocycles. The maximum absolute atomic E-state index is 12.6. The molecule has 0 atom stereocenters. The summed E-state index contributed by atoms with van der Waals surface area (Å²) in [7, 11) is 0. The first kappa shape index (κ1) is 14.7. The van der Waals surface area contributed by atoms with Crippen LogP contribution < -0.4 is 11.1 Å². The molecule has 0 spiro atoms. The third-order valence-electron chi connectivity index (χ3n) is 3.01. The second-order valence-corrected chi connectivity index (χ2v) is 4.57. The molecule has 2 aromatic carbocycles. The molecule has 0 radical (unpaired) electrons. The van der Waals surface area contributed by atoms with Crippen molar-refractivity contribution in [1.29, 1.82) is 5.26 Å². The van der Waals surface area contributed by atoms with Crippen LogP contribution in [-0.2, 0) is 6.18 Å². The van der Waals surface area contributed by atoms with E-state index in [-0.39, 0.29) is 5.69 Å². The fourth-order valence-electron chi connectivity index (χ4n) is 1.82. The summed E-state index contributed by atoms with van der Waals surface area (Å²) in [6, 6.07) is 10.2. The average Bonchev–Trinajstić information content (AvgIpc) is 2.42. The van der Waals surface area contributed by atoms with Crippen molar-refractivity contribution in [3.63, 3.8) is 0 Å². The van der Waals surface area contributed by atoms with Gasteiger partial charge in [0, 0.05) is 5.69 Å². The minimum Gasteiger partial charge on any atom is -0.397 e. The van der Waals surface area contributed by atoms with Crippen molar-refractivity contribution in [1.82, 2.24) is 0 Å². The zero-order valence-corrected chi connectivity index (χ0v) is 11.1. The Morgan fingerprint density at radius 1 is 1.10 bits per heavy atom. The van der Waals surface area contributed by atoms with E-state index < -0.39 is 11.7 Å². The smallest absolute Gasteiger partial charge is 0.397 e. The number of nitrogen functional groups attached to an aromatic ring is 1. The first-order valence-corrected chi connectivity index (χ1v) is 6.06. The number of alkyl halides is 3. The van der Waals surface area contributed by atoms with Crippen LogP contribution in [0.3, 0.4) is 0 Å². The Kier molecular flexibility index (Phi) is 3.76. The number of aryl methyl sites for hydroxylation is 1. The maximum atomic E-state index is 12.6. The Bertz CT molecular complexity index is 715. The van der Waals surface area contributed by atoms with Gasteiger partial charge in [0.2, 0.25) is 0 Å². The van der Waals surface area contributed by atoms with Crippen LogP contribution in [0.25, 0.3) is 0 Å². The van der Waals surface area contributed by atoms with Gasteiger partial charge in [-0.3, -0.25) is 0 Å². The molecule has 0 amide bonds. The summed E-state index contributed by atoms with van der Waals surface area (Å²) in [5.41, 5.74) is 7.15. The summed E-state index contributed by atoms with van der Waals surface area (Å²) in [5.74, 6) is 0. The summed E-state index contributed by atoms with van der Waals surface area (Å²) in [6.07, 6.45) is -4.43. The number of nitrogens with two attached hydrogens (primary N) is 1. The second kappa shape index (κ2) is 5.37. The molecule has 0 unspecified atom stereocenters. The molecule has 21 heavy (non-hydrogen) atoms. The maximum Gasteiger partial charge on any atom is 0.416 e. The third kappa shape index (κ3) is 3.26. The molecule has 0 aliphatic carbocycles. The van der Waals surface area contributed by atoms with Crippen LogP contribution in [0.4, 0.5) is 30.2 Å². The van der Waals surface area contributed by atoms with Crippen molar-refractivity contribution in [3.05, 3.63) is 53.1 Å². The number of rotatable bonds is 2. The zero-order valence-electron chi connectivity index (χ0n) is 11.1. The van der Waals surface area contributed by atoms with Gasteiger partial charge in [-0.25, -0.2) is 0 Å². The Labute approximate surface area is 119 Å². The summed E-state index contributed by atoms with van der Waals surface area (Å²) >= 11 is 0. The monoisotopic (exact) mass is 291 g/mol. The van der Waals surface area contributed by atoms with Crippen LogP contribution in [0.15, 0.2) is 36.4 Å². The van der Waals surface area contributed by atoms with E-state index in [2.05, 4.69) is 5.32 Å². The number of hydrogen-bond donors (Lipinski definition) is 2. The van der Waals surface area contributed by atoms with Gasteiger partial charge in [-0.2, -0.15) is 18.4 Å². The van der Waals surface area contributed by atoms with Crippen molar-refractivity contribution in [2.75, 3.05) is 11.1 Å². The van der Waals surface area contributed by atoms with Crippen LogP contribution in [0.2, 0.25) is 0 Å². The van der Waals surface area contributed by atoms with E-state index in [0.29, 0.717) is 16.9 Å². The number of halogens is 3. The van der Waals surface area contributed by atoms with E-state index in [0.717, 1.165) is 17.7 Å². The molecule has 2 rings (SSSR count). The highest BCUT2D eigenvalue weighted by Gasteiger charge is 2.30. The summed E-state index contributed by atoms with van der Waals surface area (Å²) in [6.45, 7) is 1.82. The lowest BCUT2D eigenvalue weighted by Gasteiger charge is -2.14. The number of nitriles is 1. The van der Waals surface area contributed by atoms with E-state index in [1.807, 2.05) is 13.0 Å². The minimum atomic E-state index is -4.43. The molecule has 0 heterocycles. The Morgan fingerprint density at radius 2 is 1.81 bits per heavy atom. The lowest BCUT2D eigenvalue weighted by atomic mass is 10.1. The van der Waals surface area contributed by atoms with Gasteiger partial charge >= 0.3 is 6.18 Å². The van der Waals surface area contributed by atoms with Crippen LogP contribution in [0.5, 0.6) is 0 Å². The van der Waals surface area contributed by atoms with Gasteiger partial charge in [0.1, 0.15) is 0 Å². The first-order valence-electron chi connectivity index (χ1n) is 6.06. The molecule has 108 valence electrons. The molecular weight excluding hydrogens is 279 g/mol. The highest BCUT2D eigenvalue weighted by atomic mass is 19.4. The van der Waals surface area contributed by atoms with E-state index >= 15 is 0 Å². The fourth-order valence-corrected chi connectivity index (χ4v) is 1.82. The fraction of sp³-hybridized carbons (Fsp3) is 0.133. The second-order valence-electron chi connectivity index (χ2n) is 4.57. The standard InChI is InChI=1S/C15H12F3N3/c1-9-2-3-10(8-19)6-14(9)21-13-5-4-11(7-12(13)20)15(16,17)18/h2-7,21H,20H2,1H3. The largest absolute Gasteiger partial charge is 0.416 e. The number of hydrogen-bond acceptors (Lipinski definition) is 3. The van der Waals surface area contributed by atoms with E-state index in [1.165, 1.54) is 6.07 Å². The molecule has 3 N–H and O–H groups in total. The summed E-state index contributed by atoms with van der Waals surface area (Å²) in [5, 5.41) is 11.8. The highest BCUT2D eigenvalue weighted by molar-refractivity contribution is 5.75. The number of nitrogens with one attached hydrogen (secondary N) is 1. The molecule has 3 nitrogen and oxygen atoms in total. The van der Waals surface area contributed by atoms with E-state index in [1.54, 1.807) is 18.2 Å². The molecule has 0 saturated heterocycles. The number of anilines is 3. The predicted octanol–water partition coefficient (Wildman–Crippen LogP) is 4.21. The Hall–Kier alpha value is -2.68. The van der Waals surface area contributed by atoms with Gasteiger partial charge < -0.3 is 11.1 Å². The van der Waals surface area contributed by atoms with Crippen molar-refractivity contribution in [3.8, 4) is 6.07 Å². The predicted molar refractivity (Wildman–Crippen MR) is 75.0 cm³/mol. The third-order valence-corrected chi connectivity index (χ3v) is 3.01. The van der Waals surface area contributed by atoms with Gasteiger partial charge in [-0.05, 0) is 42.8 Å². The normalized spacial score (nSPS) is 11.0. The lowest BCUT2D eigenvalue weighted by Crippen LogP contribution is -2.07. The molecule has 0 fully saturated rings. The molecule has 0 bridgehead atoms. The van der Waals surface area contributed by atoms with Crippen molar-refractivity contribution >= 4 is 17.1 Å². The quantitative estimate of drug-likeness (QED) is 0.815. The molecular formula is C15H12F3N3. The Balaban J connectivity index is 2.35. The van der Waals surface area contributed by atoms with Gasteiger partial charge in [0.05, 0.1) is 28.6 Å². The van der Waals surface area contributed by atoms with Crippen molar-refractivity contribution < 1.29 is 13.2 Å². The van der Waals surface area contributed by atoms with Crippen LogP contribution >= 0.6 is 0 Å². The molecule has 0 aromatic heterocycles. The van der Waals surface area contributed by atoms with Gasteiger partial charge in [0.25, 0.3) is 0 Å². The molecule has 6 heteroatoms. The lowest BCUT2D eigenvalue weighted by molar-refractivity contribution is -0.137. The molecule has 2 aromatic rings. The SMILES string of the molecule is Cc1ccc(C#N)cc1Nc1ccc(C(F)(F)F)cc1N. The topological polar surface area (TPSA) is 61.8 Å². The van der Waals surface area contributed by atoms with Crippen LogP contribution in [-0.4, -0.2) is 0 Å². The molecule has 0 aliphatic heterocycles.